The van der Waals surface area contributed by atoms with Gasteiger partial charge in [-0.15, -0.1) is 11.3 Å². The molecule has 152 valence electrons. The van der Waals surface area contributed by atoms with Gasteiger partial charge in [-0.3, -0.25) is 9.48 Å². The molecule has 4 rings (SSSR count). The molecule has 1 saturated carbocycles. The van der Waals surface area contributed by atoms with Crippen LogP contribution in [0.25, 0.3) is 10.2 Å². The maximum atomic E-state index is 11.5. The molecular weight excluding hydrogens is 386 g/mol. The molecule has 0 unspecified atom stereocenters. The van der Waals surface area contributed by atoms with E-state index < -0.39 is 0 Å². The molecule has 1 aliphatic carbocycles. The zero-order valence-corrected chi connectivity index (χ0v) is 17.4. The summed E-state index contributed by atoms with van der Waals surface area (Å²) in [5.74, 6) is 1.31. The van der Waals surface area contributed by atoms with E-state index in [1.807, 2.05) is 30.1 Å². The number of nitrogens with one attached hydrogen (secondary N) is 3. The van der Waals surface area contributed by atoms with E-state index in [0.717, 1.165) is 53.1 Å². The lowest BCUT2D eigenvalue weighted by Crippen LogP contribution is -2.39. The van der Waals surface area contributed by atoms with Crippen LogP contribution in [0.3, 0.4) is 0 Å². The summed E-state index contributed by atoms with van der Waals surface area (Å²) in [7, 11) is 1.91. The Morgan fingerprint density at radius 2 is 2.03 bits per heavy atom. The molecule has 1 fully saturated rings. The van der Waals surface area contributed by atoms with Gasteiger partial charge < -0.3 is 16.0 Å². The van der Waals surface area contributed by atoms with Crippen molar-refractivity contribution in [2.45, 2.75) is 44.7 Å². The van der Waals surface area contributed by atoms with Gasteiger partial charge >= 0.3 is 0 Å². The maximum absolute atomic E-state index is 11.5. The summed E-state index contributed by atoms with van der Waals surface area (Å²) in [4.78, 5) is 20.9. The molecule has 1 aliphatic rings. The first-order chi connectivity index (χ1) is 14.0. The third kappa shape index (κ3) is 4.24. The van der Waals surface area contributed by atoms with Crippen LogP contribution in [0.4, 0.5) is 17.5 Å². The third-order valence-electron chi connectivity index (χ3n) is 5.39. The van der Waals surface area contributed by atoms with Crippen LogP contribution in [-0.2, 0) is 11.8 Å². The van der Waals surface area contributed by atoms with Crippen LogP contribution in [0.5, 0.6) is 0 Å². The number of hydrogen-bond donors (Lipinski definition) is 3. The van der Waals surface area contributed by atoms with Crippen LogP contribution in [0.15, 0.2) is 30.3 Å². The molecule has 29 heavy (non-hydrogen) atoms. The molecular formula is C20H25N7OS. The average molecular weight is 412 g/mol. The summed E-state index contributed by atoms with van der Waals surface area (Å²) in [6, 6.07) is 2.55. The van der Waals surface area contributed by atoms with E-state index in [4.69, 9.17) is 4.98 Å². The van der Waals surface area contributed by atoms with Gasteiger partial charge in [0.15, 0.2) is 0 Å². The molecule has 1 amide bonds. The minimum Gasteiger partial charge on any atom is -0.366 e. The fraction of sp³-hybridized carbons (Fsp3) is 0.400. The first kappa shape index (κ1) is 19.4. The molecule has 0 aliphatic heterocycles. The second-order valence-electron chi connectivity index (χ2n) is 7.33. The smallest absolute Gasteiger partial charge is 0.243 e. The van der Waals surface area contributed by atoms with Crippen LogP contribution in [-0.4, -0.2) is 37.7 Å². The van der Waals surface area contributed by atoms with E-state index in [9.17, 15) is 4.79 Å². The summed E-state index contributed by atoms with van der Waals surface area (Å²) in [5.41, 5.74) is 2.84. The minimum atomic E-state index is -0.0982. The van der Waals surface area contributed by atoms with Gasteiger partial charge in [-0.25, -0.2) is 4.98 Å². The fourth-order valence-corrected chi connectivity index (χ4v) is 4.38. The van der Waals surface area contributed by atoms with Gasteiger partial charge in [-0.1, -0.05) is 6.58 Å². The van der Waals surface area contributed by atoms with Gasteiger partial charge in [-0.2, -0.15) is 10.1 Å². The Morgan fingerprint density at radius 1 is 1.28 bits per heavy atom. The number of hydrogen-bond acceptors (Lipinski definition) is 7. The molecule has 3 heterocycles. The van der Waals surface area contributed by atoms with Crippen molar-refractivity contribution in [1.29, 1.82) is 0 Å². The molecule has 0 bridgehead atoms. The summed E-state index contributed by atoms with van der Waals surface area (Å²) >= 11 is 1.64. The Morgan fingerprint density at radius 3 is 2.72 bits per heavy atom. The van der Waals surface area contributed by atoms with Crippen LogP contribution < -0.4 is 16.0 Å². The van der Waals surface area contributed by atoms with E-state index in [0.29, 0.717) is 12.0 Å². The molecule has 3 aromatic heterocycles. The van der Waals surface area contributed by atoms with Crippen LogP contribution in [0, 0.1) is 6.92 Å². The SMILES string of the molecule is C=CC(=O)NC1CCC(Nc2nc(Nc3cnn(C)c3C)nc3ccsc23)CC1. The second kappa shape index (κ2) is 8.20. The van der Waals surface area contributed by atoms with Gasteiger partial charge in [0.2, 0.25) is 11.9 Å². The molecule has 0 aromatic carbocycles. The van der Waals surface area contributed by atoms with Crippen LogP contribution >= 0.6 is 11.3 Å². The van der Waals surface area contributed by atoms with Gasteiger partial charge in [0.1, 0.15) is 5.82 Å². The van der Waals surface area contributed by atoms with Crippen molar-refractivity contribution < 1.29 is 4.79 Å². The van der Waals surface area contributed by atoms with Gasteiger partial charge in [0, 0.05) is 19.1 Å². The quantitative estimate of drug-likeness (QED) is 0.537. The number of carbonyl (C=O) groups is 1. The number of amides is 1. The molecule has 3 aromatic rings. The predicted molar refractivity (Wildman–Crippen MR) is 117 cm³/mol. The first-order valence-electron chi connectivity index (χ1n) is 9.74. The number of nitrogens with zero attached hydrogens (tertiary/aromatic N) is 4. The Bertz CT molecular complexity index is 1030. The monoisotopic (exact) mass is 411 g/mol. The van der Waals surface area contributed by atoms with Gasteiger partial charge in [0.05, 0.1) is 27.8 Å². The maximum Gasteiger partial charge on any atom is 0.243 e. The highest BCUT2D eigenvalue weighted by Crippen LogP contribution is 2.31. The number of aromatic nitrogens is 4. The van der Waals surface area contributed by atoms with Crippen molar-refractivity contribution in [3.63, 3.8) is 0 Å². The molecule has 0 spiro atoms. The lowest BCUT2D eigenvalue weighted by atomic mass is 9.91. The fourth-order valence-electron chi connectivity index (χ4n) is 3.59. The topological polar surface area (TPSA) is 96.8 Å². The van der Waals surface area contributed by atoms with Gasteiger partial charge in [0.25, 0.3) is 0 Å². The molecule has 9 heteroatoms. The van der Waals surface area contributed by atoms with E-state index in [2.05, 4.69) is 32.6 Å². The lowest BCUT2D eigenvalue weighted by Gasteiger charge is -2.29. The second-order valence-corrected chi connectivity index (χ2v) is 8.24. The zero-order chi connectivity index (χ0) is 20.4. The highest BCUT2D eigenvalue weighted by molar-refractivity contribution is 7.17. The Balaban J connectivity index is 1.49. The van der Waals surface area contributed by atoms with Crippen LogP contribution in [0.2, 0.25) is 0 Å². The standard InChI is InChI=1S/C20H25N7OS/c1-4-17(28)22-13-5-7-14(8-6-13)23-19-18-15(9-10-29-18)24-20(26-19)25-16-11-21-27(3)12(16)2/h4,9-11,13-14H,1,5-8H2,2-3H3,(H,22,28)(H2,23,24,25,26). The minimum absolute atomic E-state index is 0.0982. The number of fused-ring (bicyclic) bond motifs is 1. The van der Waals surface area contributed by atoms with Crippen molar-refractivity contribution in [3.05, 3.63) is 36.0 Å². The summed E-state index contributed by atoms with van der Waals surface area (Å²) in [6.07, 6.45) is 6.94. The van der Waals surface area contributed by atoms with Gasteiger partial charge in [-0.05, 0) is 50.1 Å². The number of carbonyl (C=O) groups excluding carboxylic acids is 1. The Kier molecular flexibility index (Phi) is 5.48. The molecule has 0 radical (unpaired) electrons. The first-order valence-corrected chi connectivity index (χ1v) is 10.6. The zero-order valence-electron chi connectivity index (χ0n) is 16.6. The number of aryl methyl sites for hydroxylation is 1. The summed E-state index contributed by atoms with van der Waals surface area (Å²) in [5, 5.41) is 16.2. The third-order valence-corrected chi connectivity index (χ3v) is 6.30. The van der Waals surface area contributed by atoms with Crippen molar-refractivity contribution in [2.24, 2.45) is 7.05 Å². The molecule has 8 nitrogen and oxygen atoms in total. The lowest BCUT2D eigenvalue weighted by molar-refractivity contribution is -0.117. The van der Waals surface area contributed by atoms with Crippen molar-refractivity contribution in [1.82, 2.24) is 25.1 Å². The highest BCUT2D eigenvalue weighted by Gasteiger charge is 2.23. The molecule has 3 N–H and O–H groups in total. The molecule has 0 saturated heterocycles. The van der Waals surface area contributed by atoms with Crippen molar-refractivity contribution >= 4 is 44.9 Å². The van der Waals surface area contributed by atoms with Crippen molar-refractivity contribution in [3.8, 4) is 0 Å². The number of thiophene rings is 1. The Labute approximate surface area is 173 Å². The van der Waals surface area contributed by atoms with E-state index in [-0.39, 0.29) is 11.9 Å². The Hall–Kier alpha value is -2.94. The van der Waals surface area contributed by atoms with E-state index >= 15 is 0 Å². The number of rotatable bonds is 6. The average Bonchev–Trinajstić information content (AvgIpc) is 3.31. The van der Waals surface area contributed by atoms with E-state index in [1.54, 1.807) is 17.5 Å². The van der Waals surface area contributed by atoms with Crippen molar-refractivity contribution in [2.75, 3.05) is 10.6 Å². The normalized spacial score (nSPS) is 19.1. The summed E-state index contributed by atoms with van der Waals surface area (Å²) in [6.45, 7) is 5.52. The number of anilines is 3. The largest absolute Gasteiger partial charge is 0.366 e. The highest BCUT2D eigenvalue weighted by atomic mass is 32.1. The van der Waals surface area contributed by atoms with Crippen LogP contribution in [0.1, 0.15) is 31.4 Å². The summed E-state index contributed by atoms with van der Waals surface area (Å²) < 4.78 is 2.87. The molecule has 0 atom stereocenters. The predicted octanol–water partition coefficient (Wildman–Crippen LogP) is 3.50. The van der Waals surface area contributed by atoms with E-state index in [1.165, 1.54) is 6.08 Å².